The summed E-state index contributed by atoms with van der Waals surface area (Å²) < 4.78 is 58.5. The molecule has 269 valence electrons. The molecule has 0 atom stereocenters. The molecule has 0 fully saturated rings. The Kier molecular flexibility index (Phi) is 10.1. The molecular formula is C47H49IrN3O-2. The van der Waals surface area contributed by atoms with Crippen molar-refractivity contribution in [2.45, 2.75) is 79.9 Å². The Balaban J connectivity index is 0.000000419. The minimum atomic E-state index is -2.45. The summed E-state index contributed by atoms with van der Waals surface area (Å²) >= 11 is 0. The SMILES string of the molecule is [2H]C([2H])([2H])c1cc(-c2[c-]ccc3c2oc2nc(-c4c(C([2H])(C)C)cccc4C([2H])(C)C)ccc23)ncc1C([2H])(C(C)C)C(C)C.[Ir].[c-]1ccccc1-c1ccccn1. The first-order valence-corrected chi connectivity index (χ1v) is 17.5. The van der Waals surface area contributed by atoms with E-state index in [1.54, 1.807) is 24.5 Å². The summed E-state index contributed by atoms with van der Waals surface area (Å²) in [5.74, 6) is -3.26. The average molecular weight is 870 g/mol. The van der Waals surface area contributed by atoms with Gasteiger partial charge in [-0.15, -0.1) is 54.1 Å². The molecule has 0 saturated carbocycles. The number of nitrogens with zero attached hydrogens (tertiary/aromatic N) is 3. The minimum absolute atomic E-state index is 0. The van der Waals surface area contributed by atoms with Crippen molar-refractivity contribution >= 4 is 22.1 Å². The maximum atomic E-state index is 9.32. The molecule has 7 aromatic rings. The van der Waals surface area contributed by atoms with Crippen molar-refractivity contribution in [3.63, 3.8) is 0 Å². The zero-order valence-electron chi connectivity index (χ0n) is 37.1. The fourth-order valence-corrected chi connectivity index (χ4v) is 6.80. The molecule has 0 aliphatic carbocycles. The van der Waals surface area contributed by atoms with Crippen LogP contribution in [0.5, 0.6) is 0 Å². The number of fused-ring (bicyclic) bond motifs is 3. The molecule has 4 nitrogen and oxygen atoms in total. The first kappa shape index (κ1) is 31.1. The number of aryl methyl sites for hydroxylation is 1. The predicted molar refractivity (Wildman–Crippen MR) is 213 cm³/mol. The molecule has 4 heterocycles. The second-order valence-corrected chi connectivity index (χ2v) is 13.8. The molecule has 0 N–H and O–H groups in total. The molecule has 7 rings (SSSR count). The van der Waals surface area contributed by atoms with E-state index >= 15 is 0 Å². The van der Waals surface area contributed by atoms with Crippen LogP contribution in [0.3, 0.4) is 0 Å². The molecular weight excluding hydrogens is 815 g/mol. The Morgan fingerprint density at radius 1 is 0.673 bits per heavy atom. The summed E-state index contributed by atoms with van der Waals surface area (Å²) in [4.78, 5) is 13.8. The fourth-order valence-electron chi connectivity index (χ4n) is 6.80. The monoisotopic (exact) mass is 870 g/mol. The van der Waals surface area contributed by atoms with Crippen LogP contribution in [0.2, 0.25) is 0 Å². The minimum Gasteiger partial charge on any atom is -0.486 e. The van der Waals surface area contributed by atoms with Crippen LogP contribution in [-0.2, 0) is 20.1 Å². The van der Waals surface area contributed by atoms with Crippen molar-refractivity contribution < 1.29 is 32.7 Å². The van der Waals surface area contributed by atoms with Crippen LogP contribution >= 0.6 is 0 Å². The summed E-state index contributed by atoms with van der Waals surface area (Å²) in [5.41, 5.74) is 7.19. The van der Waals surface area contributed by atoms with Gasteiger partial charge in [-0.3, -0.25) is 0 Å². The average Bonchev–Trinajstić information content (AvgIpc) is 3.55. The maximum absolute atomic E-state index is 9.32. The van der Waals surface area contributed by atoms with E-state index in [1.807, 2.05) is 134 Å². The molecule has 52 heavy (non-hydrogen) atoms. The van der Waals surface area contributed by atoms with E-state index in [2.05, 4.69) is 17.1 Å². The van der Waals surface area contributed by atoms with Crippen LogP contribution in [0.15, 0.2) is 108 Å². The molecule has 0 saturated heterocycles. The second-order valence-electron chi connectivity index (χ2n) is 13.8. The van der Waals surface area contributed by atoms with Crippen LogP contribution in [0.1, 0.15) is 104 Å². The van der Waals surface area contributed by atoms with Gasteiger partial charge in [0.15, 0.2) is 0 Å². The molecule has 4 aromatic heterocycles. The molecule has 0 unspecified atom stereocenters. The van der Waals surface area contributed by atoms with Gasteiger partial charge in [-0.2, -0.15) is 0 Å². The smallest absolute Gasteiger partial charge is 0.216 e. The largest absolute Gasteiger partial charge is 0.486 e. The number of rotatable bonds is 8. The molecule has 3 aromatic carbocycles. The van der Waals surface area contributed by atoms with E-state index in [-0.39, 0.29) is 37.5 Å². The summed E-state index contributed by atoms with van der Waals surface area (Å²) in [6, 6.07) is 34.8. The van der Waals surface area contributed by atoms with Crippen molar-refractivity contribution in [2.75, 3.05) is 0 Å². The zero-order valence-corrected chi connectivity index (χ0v) is 33.4. The van der Waals surface area contributed by atoms with Gasteiger partial charge in [0.05, 0.1) is 11.3 Å². The Labute approximate surface area is 331 Å². The quantitative estimate of drug-likeness (QED) is 0.143. The van der Waals surface area contributed by atoms with Crippen molar-refractivity contribution in [1.82, 2.24) is 15.0 Å². The topological polar surface area (TPSA) is 51.8 Å². The van der Waals surface area contributed by atoms with Crippen molar-refractivity contribution in [2.24, 2.45) is 11.8 Å². The van der Waals surface area contributed by atoms with Gasteiger partial charge in [0.2, 0.25) is 5.71 Å². The van der Waals surface area contributed by atoms with Gasteiger partial charge in [-0.1, -0.05) is 108 Å². The van der Waals surface area contributed by atoms with Crippen LogP contribution in [0.25, 0.3) is 55.8 Å². The zero-order chi connectivity index (χ0) is 41.5. The van der Waals surface area contributed by atoms with E-state index in [1.165, 1.54) is 0 Å². The third-order valence-corrected chi connectivity index (χ3v) is 9.06. The number of aromatic nitrogens is 3. The van der Waals surface area contributed by atoms with Gasteiger partial charge >= 0.3 is 0 Å². The Morgan fingerprint density at radius 3 is 2.02 bits per heavy atom. The van der Waals surface area contributed by atoms with Crippen molar-refractivity contribution in [1.29, 1.82) is 0 Å². The summed E-state index contributed by atoms with van der Waals surface area (Å²) in [6.07, 6.45) is 3.33. The van der Waals surface area contributed by atoms with Gasteiger partial charge in [0, 0.05) is 51.7 Å². The van der Waals surface area contributed by atoms with E-state index in [0.717, 1.165) is 38.7 Å². The third-order valence-electron chi connectivity index (χ3n) is 9.06. The van der Waals surface area contributed by atoms with E-state index in [9.17, 15) is 1.37 Å². The van der Waals surface area contributed by atoms with Crippen LogP contribution in [0.4, 0.5) is 0 Å². The van der Waals surface area contributed by atoms with Gasteiger partial charge in [-0.05, 0) is 82.6 Å². The predicted octanol–water partition coefficient (Wildman–Crippen LogP) is 13.0. The van der Waals surface area contributed by atoms with Gasteiger partial charge in [0.25, 0.3) is 0 Å². The van der Waals surface area contributed by atoms with Crippen molar-refractivity contribution in [3.05, 3.63) is 138 Å². The summed E-state index contributed by atoms with van der Waals surface area (Å²) in [6.45, 7) is 12.6. The fraction of sp³-hybridized carbons (Fsp3) is 0.298. The standard InChI is InChI=1S/C36H41N2O.C11H8N.Ir/c1-20(2)25-12-10-13-26(21(3)4)34(25)31-17-16-28-27-14-11-15-29(35(27)39-36(28)38-31)32-18-24(9)30(19-37-32)33(22(5)6)23(7)8;1-2-6-10(7-3-1)11-8-4-5-9-12-11;/h10-14,16-23,33H,1-9H3;1-6,8-9H;/q2*-1;/i9D3,20D,21D,33D;;. The first-order valence-electron chi connectivity index (χ1n) is 20.5. The Hall–Kier alpha value is -4.44. The number of hydrogen-bond acceptors (Lipinski definition) is 4. The Morgan fingerprint density at radius 2 is 1.40 bits per heavy atom. The number of furan rings is 1. The molecule has 5 heteroatoms. The molecule has 1 radical (unpaired) electrons. The van der Waals surface area contributed by atoms with E-state index in [0.29, 0.717) is 33.8 Å². The van der Waals surface area contributed by atoms with Gasteiger partial charge in [-0.25, -0.2) is 4.98 Å². The normalized spacial score (nSPS) is 14.0. The van der Waals surface area contributed by atoms with Crippen LogP contribution in [-0.4, -0.2) is 15.0 Å². The molecule has 0 aliphatic rings. The number of benzene rings is 3. The summed E-state index contributed by atoms with van der Waals surface area (Å²) in [5, 5.41) is 1.56. The van der Waals surface area contributed by atoms with E-state index < -0.39 is 24.5 Å². The van der Waals surface area contributed by atoms with Gasteiger partial charge < -0.3 is 14.4 Å². The molecule has 0 aliphatic heterocycles. The van der Waals surface area contributed by atoms with Gasteiger partial charge in [0.1, 0.15) is 0 Å². The van der Waals surface area contributed by atoms with Crippen LogP contribution in [0, 0.1) is 30.8 Å². The molecule has 0 amide bonds. The maximum Gasteiger partial charge on any atom is 0.216 e. The van der Waals surface area contributed by atoms with E-state index in [4.69, 9.17) is 21.2 Å². The molecule has 0 spiro atoms. The first-order chi connectivity index (χ1) is 26.7. The number of pyridine rings is 3. The Bertz CT molecular complexity index is 2430. The molecule has 0 bridgehead atoms. The number of hydrogen-bond donors (Lipinski definition) is 0. The summed E-state index contributed by atoms with van der Waals surface area (Å²) in [7, 11) is 0. The van der Waals surface area contributed by atoms with Crippen molar-refractivity contribution in [3.8, 4) is 33.8 Å². The van der Waals surface area contributed by atoms with Crippen LogP contribution < -0.4 is 0 Å². The third kappa shape index (κ3) is 8.12. The second kappa shape index (κ2) is 16.9.